The second-order valence-electron chi connectivity index (χ2n) is 5.80. The highest BCUT2D eigenvalue weighted by Gasteiger charge is 2.26. The molecule has 0 unspecified atom stereocenters. The van der Waals surface area contributed by atoms with Gasteiger partial charge in [-0.15, -0.1) is 0 Å². The number of nitrogens with one attached hydrogen (secondary N) is 2. The van der Waals surface area contributed by atoms with Gasteiger partial charge in [0.2, 0.25) is 0 Å². The van der Waals surface area contributed by atoms with Crippen LogP contribution >= 0.6 is 0 Å². The van der Waals surface area contributed by atoms with Crippen LogP contribution in [0.1, 0.15) is 36.8 Å². The summed E-state index contributed by atoms with van der Waals surface area (Å²) in [5.41, 5.74) is 0.610. The molecule has 1 fully saturated rings. The molecule has 8 nitrogen and oxygen atoms in total. The smallest absolute Gasteiger partial charge is 0.319 e. The summed E-state index contributed by atoms with van der Waals surface area (Å²) in [7, 11) is 0. The van der Waals surface area contributed by atoms with Gasteiger partial charge in [-0.3, -0.25) is 0 Å². The minimum absolute atomic E-state index is 0.0563. The maximum Gasteiger partial charge on any atom is 0.319 e. The third-order valence-electron chi connectivity index (χ3n) is 4.01. The lowest BCUT2D eigenvalue weighted by Gasteiger charge is -2.23. The maximum atomic E-state index is 12.0. The van der Waals surface area contributed by atoms with E-state index in [0.29, 0.717) is 18.2 Å². The Bertz CT molecular complexity index is 677. The topological polar surface area (TPSA) is 97.6 Å². The number of carbonyl (C=O) groups is 1. The summed E-state index contributed by atoms with van der Waals surface area (Å²) in [6.45, 7) is 0.653. The predicted octanol–water partition coefficient (Wildman–Crippen LogP) is 1.08. The Morgan fingerprint density at radius 3 is 2.77 bits per heavy atom. The Morgan fingerprint density at radius 1 is 1.18 bits per heavy atom. The fourth-order valence-electron chi connectivity index (χ4n) is 2.66. The highest BCUT2D eigenvalue weighted by molar-refractivity contribution is 5.89. The van der Waals surface area contributed by atoms with Gasteiger partial charge in [0, 0.05) is 12.3 Å². The summed E-state index contributed by atoms with van der Waals surface area (Å²) >= 11 is 0. The Hall–Kier alpha value is -2.51. The molecule has 114 valence electrons. The van der Waals surface area contributed by atoms with Crippen molar-refractivity contribution in [3.8, 4) is 0 Å². The van der Waals surface area contributed by atoms with E-state index in [1.807, 2.05) is 4.68 Å². The number of nitrogens with zero attached hydrogens (tertiary/aromatic N) is 5. The van der Waals surface area contributed by atoms with Crippen LogP contribution in [0.4, 0.5) is 10.5 Å². The number of hydrogen-bond donors (Lipinski definition) is 2. The summed E-state index contributed by atoms with van der Waals surface area (Å²) in [6, 6.07) is -0.183. The van der Waals surface area contributed by atoms with Crippen LogP contribution in [0, 0.1) is 0 Å². The molecule has 1 aliphatic heterocycles. The van der Waals surface area contributed by atoms with Crippen LogP contribution in [0.25, 0.3) is 0 Å². The van der Waals surface area contributed by atoms with Crippen molar-refractivity contribution >= 4 is 11.7 Å². The molecule has 8 heteroatoms. The SMILES string of the molecule is O=C(Nc1cnc(C2CC2)nc1)N[C@H]1CCc2ncnn2C1. The maximum absolute atomic E-state index is 12.0. The molecule has 2 amide bonds. The van der Waals surface area contributed by atoms with Crippen LogP contribution in [-0.2, 0) is 13.0 Å². The van der Waals surface area contributed by atoms with E-state index in [2.05, 4.69) is 30.7 Å². The van der Waals surface area contributed by atoms with E-state index in [-0.39, 0.29) is 12.1 Å². The van der Waals surface area contributed by atoms with Gasteiger partial charge in [-0.2, -0.15) is 5.10 Å². The van der Waals surface area contributed by atoms with E-state index in [4.69, 9.17) is 0 Å². The first-order valence-electron chi connectivity index (χ1n) is 7.54. The van der Waals surface area contributed by atoms with E-state index < -0.39 is 0 Å². The second-order valence-corrected chi connectivity index (χ2v) is 5.80. The van der Waals surface area contributed by atoms with E-state index in [9.17, 15) is 4.79 Å². The molecule has 2 aromatic rings. The lowest BCUT2D eigenvalue weighted by atomic mass is 10.1. The molecule has 0 aromatic carbocycles. The third kappa shape index (κ3) is 2.76. The molecule has 0 saturated heterocycles. The predicted molar refractivity (Wildman–Crippen MR) is 78.3 cm³/mol. The fraction of sp³-hybridized carbons (Fsp3) is 0.500. The second kappa shape index (κ2) is 5.36. The minimum atomic E-state index is -0.240. The summed E-state index contributed by atoms with van der Waals surface area (Å²) in [4.78, 5) is 24.8. The third-order valence-corrected chi connectivity index (χ3v) is 4.01. The van der Waals surface area contributed by atoms with Gasteiger partial charge >= 0.3 is 6.03 Å². The Kier molecular flexibility index (Phi) is 3.21. The number of fused-ring (bicyclic) bond motifs is 1. The monoisotopic (exact) mass is 299 g/mol. The molecule has 4 rings (SSSR count). The van der Waals surface area contributed by atoms with Crippen molar-refractivity contribution in [2.75, 3.05) is 5.32 Å². The van der Waals surface area contributed by atoms with Crippen LogP contribution in [0.5, 0.6) is 0 Å². The zero-order valence-corrected chi connectivity index (χ0v) is 12.1. The van der Waals surface area contributed by atoms with Gasteiger partial charge in [-0.05, 0) is 19.3 Å². The molecule has 0 radical (unpaired) electrons. The summed E-state index contributed by atoms with van der Waals surface area (Å²) in [6.07, 6.45) is 8.90. The summed E-state index contributed by atoms with van der Waals surface area (Å²) in [5, 5.41) is 9.87. The van der Waals surface area contributed by atoms with Crippen molar-refractivity contribution in [3.63, 3.8) is 0 Å². The number of hydrogen-bond acceptors (Lipinski definition) is 5. The zero-order chi connectivity index (χ0) is 14.9. The number of carbonyl (C=O) groups excluding carboxylic acids is 1. The van der Waals surface area contributed by atoms with Crippen molar-refractivity contribution in [1.82, 2.24) is 30.0 Å². The van der Waals surface area contributed by atoms with Crippen molar-refractivity contribution in [1.29, 1.82) is 0 Å². The van der Waals surface area contributed by atoms with Crippen LogP contribution in [-0.4, -0.2) is 36.8 Å². The number of aryl methyl sites for hydroxylation is 1. The van der Waals surface area contributed by atoms with Gasteiger partial charge in [-0.1, -0.05) is 0 Å². The molecule has 1 aliphatic carbocycles. The average Bonchev–Trinajstić information content (AvgIpc) is 3.26. The lowest BCUT2D eigenvalue weighted by molar-refractivity contribution is 0.243. The quantitative estimate of drug-likeness (QED) is 0.884. The number of rotatable bonds is 3. The molecular formula is C14H17N7O. The fourth-order valence-corrected chi connectivity index (χ4v) is 2.66. The molecule has 0 bridgehead atoms. The van der Waals surface area contributed by atoms with Crippen LogP contribution in [0.3, 0.4) is 0 Å². The van der Waals surface area contributed by atoms with Gasteiger partial charge in [0.15, 0.2) is 0 Å². The van der Waals surface area contributed by atoms with E-state index >= 15 is 0 Å². The Labute approximate surface area is 127 Å². The molecule has 2 N–H and O–H groups in total. The van der Waals surface area contributed by atoms with Gasteiger partial charge in [0.05, 0.1) is 30.7 Å². The number of aromatic nitrogens is 5. The molecular weight excluding hydrogens is 282 g/mol. The molecule has 22 heavy (non-hydrogen) atoms. The number of amides is 2. The van der Waals surface area contributed by atoms with Gasteiger partial charge in [0.25, 0.3) is 0 Å². The highest BCUT2D eigenvalue weighted by atomic mass is 16.2. The van der Waals surface area contributed by atoms with Crippen LogP contribution in [0.15, 0.2) is 18.7 Å². The van der Waals surface area contributed by atoms with Gasteiger partial charge in [-0.25, -0.2) is 24.4 Å². The normalized spacial score (nSPS) is 20.3. The molecule has 1 saturated carbocycles. The van der Waals surface area contributed by atoms with Crippen molar-refractivity contribution in [2.24, 2.45) is 0 Å². The highest BCUT2D eigenvalue weighted by Crippen LogP contribution is 2.37. The van der Waals surface area contributed by atoms with E-state index in [0.717, 1.165) is 24.5 Å². The van der Waals surface area contributed by atoms with Gasteiger partial charge < -0.3 is 10.6 Å². The molecule has 0 spiro atoms. The van der Waals surface area contributed by atoms with Crippen molar-refractivity contribution < 1.29 is 4.79 Å². The first-order chi connectivity index (χ1) is 10.8. The Morgan fingerprint density at radius 2 is 2.00 bits per heavy atom. The number of urea groups is 1. The van der Waals surface area contributed by atoms with Crippen LogP contribution < -0.4 is 10.6 Å². The lowest BCUT2D eigenvalue weighted by Crippen LogP contribution is -2.43. The Balaban J connectivity index is 1.32. The standard InChI is InChI=1S/C14H17N7O/c22-14(19-10-3-4-12-17-8-18-21(12)7-10)20-11-5-15-13(16-6-11)9-1-2-9/h5-6,8-10H,1-4,7H2,(H2,19,20,22)/t10-/m0/s1. The van der Waals surface area contributed by atoms with E-state index in [1.165, 1.54) is 12.8 Å². The van der Waals surface area contributed by atoms with Crippen molar-refractivity contribution in [2.45, 2.75) is 44.2 Å². The largest absolute Gasteiger partial charge is 0.333 e. The van der Waals surface area contributed by atoms with Crippen molar-refractivity contribution in [3.05, 3.63) is 30.4 Å². The zero-order valence-electron chi connectivity index (χ0n) is 12.1. The molecule has 1 atom stereocenters. The molecule has 2 aliphatic rings. The van der Waals surface area contributed by atoms with Gasteiger partial charge in [0.1, 0.15) is 18.0 Å². The van der Waals surface area contributed by atoms with Crippen LogP contribution in [0.2, 0.25) is 0 Å². The molecule has 2 aromatic heterocycles. The number of anilines is 1. The summed E-state index contributed by atoms with van der Waals surface area (Å²) in [5.74, 6) is 2.36. The first kappa shape index (κ1) is 13.2. The molecule has 3 heterocycles. The first-order valence-corrected chi connectivity index (χ1v) is 7.54. The minimum Gasteiger partial charge on any atom is -0.333 e. The van der Waals surface area contributed by atoms with E-state index in [1.54, 1.807) is 18.7 Å². The average molecular weight is 299 g/mol. The summed E-state index contributed by atoms with van der Waals surface area (Å²) < 4.78 is 1.84.